The summed E-state index contributed by atoms with van der Waals surface area (Å²) in [6.07, 6.45) is 0. The molecule has 1 atom stereocenters. The monoisotopic (exact) mass is 356 g/mol. The molecule has 1 saturated heterocycles. The lowest BCUT2D eigenvalue weighted by atomic mass is 9.84. The van der Waals surface area contributed by atoms with Crippen LogP contribution in [0.4, 0.5) is 0 Å². The highest BCUT2D eigenvalue weighted by molar-refractivity contribution is 6.30. The summed E-state index contributed by atoms with van der Waals surface area (Å²) in [5.74, 6) is 1.35. The number of aromatic nitrogens is 2. The number of hydrogen-bond acceptors (Lipinski definition) is 5. The number of benzene rings is 1. The van der Waals surface area contributed by atoms with Crippen LogP contribution in [0.3, 0.4) is 0 Å². The molecule has 0 saturated carbocycles. The van der Waals surface area contributed by atoms with Gasteiger partial charge in [-0.2, -0.15) is 4.98 Å². The molecule has 1 aliphatic rings. The highest BCUT2D eigenvalue weighted by atomic mass is 35.5. The maximum absolute atomic E-state index is 6.10. The summed E-state index contributed by atoms with van der Waals surface area (Å²) in [7, 11) is 2.09. The maximum Gasteiger partial charge on any atom is 0.236 e. The summed E-state index contributed by atoms with van der Waals surface area (Å²) in [6, 6.07) is 7.93. The summed E-state index contributed by atoms with van der Waals surface area (Å²) < 4.78 is 5.57. The van der Waals surface area contributed by atoms with E-state index in [4.69, 9.17) is 16.1 Å². The van der Waals surface area contributed by atoms with Gasteiger partial charge in [0.05, 0.1) is 11.5 Å². The molecule has 126 valence electrons. The smallest absolute Gasteiger partial charge is 0.236 e. The van der Waals surface area contributed by atoms with Crippen LogP contribution in [0.1, 0.15) is 37.2 Å². The Kier molecular flexibility index (Phi) is 5.68. The Labute approximate surface area is 147 Å². The molecule has 0 aliphatic carbocycles. The Morgan fingerprint density at radius 3 is 2.87 bits per heavy atom. The zero-order valence-electron chi connectivity index (χ0n) is 13.5. The largest absolute Gasteiger partial charge is 0.338 e. The van der Waals surface area contributed by atoms with Gasteiger partial charge in [0.2, 0.25) is 5.89 Å². The first-order valence-corrected chi connectivity index (χ1v) is 7.87. The standard InChI is InChI=1S/C16H21ClN4O.ClH/c1-16(2,11-5-4-6-12(17)9-11)15-19-14(20-22-15)13-10-18-7-8-21(13)3;/h4-6,9,13,18H,7-8,10H2,1-3H3;1H. The summed E-state index contributed by atoms with van der Waals surface area (Å²) in [5, 5.41) is 8.28. The second-order valence-corrected chi connectivity index (χ2v) is 6.73. The fourth-order valence-corrected chi connectivity index (χ4v) is 2.91. The highest BCUT2D eigenvalue weighted by Gasteiger charge is 2.32. The molecule has 1 aliphatic heterocycles. The molecule has 2 aromatic rings. The minimum atomic E-state index is -0.378. The lowest BCUT2D eigenvalue weighted by molar-refractivity contribution is 0.190. The zero-order chi connectivity index (χ0) is 15.7. The van der Waals surface area contributed by atoms with Crippen LogP contribution in [0.15, 0.2) is 28.8 Å². The van der Waals surface area contributed by atoms with Crippen molar-refractivity contribution in [2.45, 2.75) is 25.3 Å². The minimum absolute atomic E-state index is 0. The molecule has 1 aromatic heterocycles. The third-order valence-electron chi connectivity index (χ3n) is 4.33. The number of nitrogens with one attached hydrogen (secondary N) is 1. The van der Waals surface area contributed by atoms with E-state index in [9.17, 15) is 0 Å². The number of hydrogen-bond donors (Lipinski definition) is 1. The van der Waals surface area contributed by atoms with Crippen LogP contribution in [-0.4, -0.2) is 41.7 Å². The lowest BCUT2D eigenvalue weighted by Crippen LogP contribution is -2.44. The number of rotatable bonds is 3. The van der Waals surface area contributed by atoms with E-state index in [2.05, 4.69) is 41.3 Å². The first-order chi connectivity index (χ1) is 10.5. The summed E-state index contributed by atoms with van der Waals surface area (Å²) in [4.78, 5) is 6.91. The molecule has 0 radical (unpaired) electrons. The molecule has 0 bridgehead atoms. The highest BCUT2D eigenvalue weighted by Crippen LogP contribution is 2.32. The summed E-state index contributed by atoms with van der Waals surface area (Å²) in [6.45, 7) is 6.95. The molecule has 3 rings (SSSR count). The van der Waals surface area contributed by atoms with Gasteiger partial charge >= 0.3 is 0 Å². The molecule has 7 heteroatoms. The van der Waals surface area contributed by atoms with Crippen molar-refractivity contribution in [3.05, 3.63) is 46.6 Å². The molecule has 23 heavy (non-hydrogen) atoms. The Bertz CT molecular complexity index is 659. The van der Waals surface area contributed by atoms with E-state index >= 15 is 0 Å². The van der Waals surface area contributed by atoms with E-state index in [1.165, 1.54) is 0 Å². The van der Waals surface area contributed by atoms with Gasteiger partial charge in [-0.25, -0.2) is 0 Å². The molecule has 1 aromatic carbocycles. The summed E-state index contributed by atoms with van der Waals surface area (Å²) in [5.41, 5.74) is 0.682. The quantitative estimate of drug-likeness (QED) is 0.915. The minimum Gasteiger partial charge on any atom is -0.338 e. The van der Waals surface area contributed by atoms with E-state index in [0.717, 1.165) is 31.0 Å². The van der Waals surface area contributed by atoms with Gasteiger partial charge in [-0.1, -0.05) is 28.9 Å². The second-order valence-electron chi connectivity index (χ2n) is 6.29. The zero-order valence-corrected chi connectivity index (χ0v) is 15.1. The van der Waals surface area contributed by atoms with E-state index < -0.39 is 0 Å². The van der Waals surface area contributed by atoms with Gasteiger partial charge in [0.1, 0.15) is 0 Å². The van der Waals surface area contributed by atoms with Crippen molar-refractivity contribution in [3.63, 3.8) is 0 Å². The molecular formula is C16H22Cl2N4O. The van der Waals surface area contributed by atoms with Crippen LogP contribution in [-0.2, 0) is 5.41 Å². The fraction of sp³-hybridized carbons (Fsp3) is 0.500. The van der Waals surface area contributed by atoms with Crippen molar-refractivity contribution in [2.75, 3.05) is 26.7 Å². The molecule has 0 spiro atoms. The van der Waals surface area contributed by atoms with E-state index in [0.29, 0.717) is 10.9 Å². The Morgan fingerprint density at radius 1 is 1.39 bits per heavy atom. The second kappa shape index (κ2) is 7.18. The van der Waals surface area contributed by atoms with Crippen molar-refractivity contribution in [1.82, 2.24) is 20.4 Å². The average Bonchev–Trinajstić information content (AvgIpc) is 2.98. The van der Waals surface area contributed by atoms with Crippen molar-refractivity contribution in [1.29, 1.82) is 0 Å². The van der Waals surface area contributed by atoms with Crippen molar-refractivity contribution < 1.29 is 4.52 Å². The van der Waals surface area contributed by atoms with Crippen molar-refractivity contribution >= 4 is 24.0 Å². The van der Waals surface area contributed by atoms with Crippen LogP contribution >= 0.6 is 24.0 Å². The predicted octanol–water partition coefficient (Wildman–Crippen LogP) is 3.05. The molecule has 5 nitrogen and oxygen atoms in total. The van der Waals surface area contributed by atoms with Crippen LogP contribution in [0, 0.1) is 0 Å². The van der Waals surface area contributed by atoms with Crippen LogP contribution in [0.25, 0.3) is 0 Å². The third kappa shape index (κ3) is 3.69. The van der Waals surface area contributed by atoms with E-state index in [-0.39, 0.29) is 23.9 Å². The van der Waals surface area contributed by atoms with Gasteiger partial charge in [0.15, 0.2) is 5.82 Å². The van der Waals surface area contributed by atoms with Gasteiger partial charge < -0.3 is 9.84 Å². The lowest BCUT2D eigenvalue weighted by Gasteiger charge is -2.30. The van der Waals surface area contributed by atoms with Crippen LogP contribution < -0.4 is 5.32 Å². The topological polar surface area (TPSA) is 54.2 Å². The first-order valence-electron chi connectivity index (χ1n) is 7.49. The number of nitrogens with zero attached hydrogens (tertiary/aromatic N) is 3. The normalized spacial score (nSPS) is 19.4. The molecule has 1 N–H and O–H groups in total. The Morgan fingerprint density at radius 2 is 2.17 bits per heavy atom. The van der Waals surface area contributed by atoms with Gasteiger partial charge in [-0.3, -0.25) is 4.90 Å². The van der Waals surface area contributed by atoms with Crippen molar-refractivity contribution in [2.24, 2.45) is 0 Å². The first kappa shape index (κ1) is 18.2. The average molecular weight is 357 g/mol. The predicted molar refractivity (Wildman–Crippen MR) is 93.4 cm³/mol. The number of piperazine rings is 1. The number of likely N-dealkylation sites (N-methyl/N-ethyl adjacent to an activating group) is 1. The van der Waals surface area contributed by atoms with Gasteiger partial charge in [-0.15, -0.1) is 12.4 Å². The SMILES string of the molecule is CN1CCNCC1c1noc(C(C)(C)c2cccc(Cl)c2)n1.Cl. The summed E-state index contributed by atoms with van der Waals surface area (Å²) >= 11 is 6.10. The van der Waals surface area contributed by atoms with Crippen molar-refractivity contribution in [3.8, 4) is 0 Å². The van der Waals surface area contributed by atoms with Gasteiger partial charge in [0, 0.05) is 24.7 Å². The van der Waals surface area contributed by atoms with Crippen LogP contribution in [0.2, 0.25) is 5.02 Å². The fourth-order valence-electron chi connectivity index (χ4n) is 2.72. The maximum atomic E-state index is 6.10. The van der Waals surface area contributed by atoms with Gasteiger partial charge in [-0.05, 0) is 38.6 Å². The molecule has 2 heterocycles. The Hall–Kier alpha value is -1.14. The Balaban J connectivity index is 0.00000192. The molecular weight excluding hydrogens is 335 g/mol. The van der Waals surface area contributed by atoms with E-state index in [1.807, 2.05) is 24.3 Å². The third-order valence-corrected chi connectivity index (χ3v) is 4.57. The number of halogens is 2. The molecule has 1 unspecified atom stereocenters. The van der Waals surface area contributed by atoms with E-state index in [1.54, 1.807) is 0 Å². The van der Waals surface area contributed by atoms with Crippen LogP contribution in [0.5, 0.6) is 0 Å². The van der Waals surface area contributed by atoms with Gasteiger partial charge in [0.25, 0.3) is 0 Å². The molecule has 1 fully saturated rings. The molecule has 0 amide bonds.